The minimum atomic E-state index is 0.596. The van der Waals surface area contributed by atoms with Crippen molar-refractivity contribution < 1.29 is 0 Å². The zero-order valence-corrected chi connectivity index (χ0v) is 9.28. The molecule has 0 heteroatoms. The van der Waals surface area contributed by atoms with Gasteiger partial charge < -0.3 is 0 Å². The molecule has 1 rings (SSSR count). The lowest BCUT2D eigenvalue weighted by molar-refractivity contribution is 0.793. The Balaban J connectivity index is 2.83. The summed E-state index contributed by atoms with van der Waals surface area (Å²) in [6.07, 6.45) is 4.63. The summed E-state index contributed by atoms with van der Waals surface area (Å²) in [5.41, 5.74) is 5.72. The van der Waals surface area contributed by atoms with E-state index in [9.17, 15) is 0 Å². The average Bonchev–Trinajstić information content (AvgIpc) is 2.27. The molecule has 1 aliphatic rings. The first-order valence-corrected chi connectivity index (χ1v) is 5.15. The van der Waals surface area contributed by atoms with Crippen molar-refractivity contribution in [3.8, 4) is 0 Å². The van der Waals surface area contributed by atoms with Crippen LogP contribution in [0.25, 0.3) is 0 Å². The molecule has 0 aliphatic heterocycles. The van der Waals surface area contributed by atoms with Crippen LogP contribution in [0.1, 0.15) is 40.5 Å². The second-order valence-corrected chi connectivity index (χ2v) is 4.06. The van der Waals surface area contributed by atoms with Gasteiger partial charge in [-0.2, -0.15) is 0 Å². The fraction of sp³-hybridized carbons (Fsp3) is 0.538. The summed E-state index contributed by atoms with van der Waals surface area (Å²) in [5, 5.41) is 0. The van der Waals surface area contributed by atoms with Gasteiger partial charge in [-0.05, 0) is 31.4 Å². The zero-order chi connectivity index (χ0) is 10.0. The highest BCUT2D eigenvalue weighted by Gasteiger charge is 2.20. The molecule has 0 radical (unpaired) electrons. The molecule has 0 spiro atoms. The van der Waals surface area contributed by atoms with Crippen molar-refractivity contribution in [2.45, 2.75) is 40.5 Å². The summed E-state index contributed by atoms with van der Waals surface area (Å²) in [5.74, 6) is 0.596. The SMILES string of the molecule is C=C(CCC)C1=C(C)C=C(C)C1C. The molecule has 0 saturated carbocycles. The maximum atomic E-state index is 4.17. The number of rotatable bonds is 3. The van der Waals surface area contributed by atoms with E-state index in [1.807, 2.05) is 0 Å². The van der Waals surface area contributed by atoms with Crippen LogP contribution in [-0.2, 0) is 0 Å². The minimum absolute atomic E-state index is 0.596. The van der Waals surface area contributed by atoms with E-state index in [1.165, 1.54) is 28.7 Å². The molecule has 1 aliphatic carbocycles. The number of hydrogen-bond donors (Lipinski definition) is 0. The van der Waals surface area contributed by atoms with Crippen molar-refractivity contribution in [3.63, 3.8) is 0 Å². The van der Waals surface area contributed by atoms with Crippen LogP contribution in [0, 0.1) is 5.92 Å². The molecule has 13 heavy (non-hydrogen) atoms. The van der Waals surface area contributed by atoms with E-state index in [4.69, 9.17) is 0 Å². The predicted octanol–water partition coefficient (Wildman–Crippen LogP) is 4.26. The summed E-state index contributed by atoms with van der Waals surface area (Å²) in [7, 11) is 0. The largest absolute Gasteiger partial charge is 0.0955 e. The van der Waals surface area contributed by atoms with Crippen LogP contribution >= 0.6 is 0 Å². The van der Waals surface area contributed by atoms with Crippen molar-refractivity contribution in [2.75, 3.05) is 0 Å². The molecule has 72 valence electrons. The van der Waals surface area contributed by atoms with Crippen molar-refractivity contribution in [2.24, 2.45) is 5.92 Å². The summed E-state index contributed by atoms with van der Waals surface area (Å²) < 4.78 is 0. The van der Waals surface area contributed by atoms with Gasteiger partial charge in [-0.1, -0.05) is 44.1 Å². The molecule has 0 aromatic carbocycles. The molecule has 0 N–H and O–H groups in total. The van der Waals surface area contributed by atoms with E-state index in [2.05, 4.69) is 40.3 Å². The van der Waals surface area contributed by atoms with E-state index >= 15 is 0 Å². The third kappa shape index (κ3) is 1.93. The van der Waals surface area contributed by atoms with Gasteiger partial charge in [0.25, 0.3) is 0 Å². The van der Waals surface area contributed by atoms with E-state index in [0.717, 1.165) is 6.42 Å². The molecule has 0 aromatic rings. The third-order valence-electron chi connectivity index (χ3n) is 2.92. The first kappa shape index (κ1) is 10.3. The standard InChI is InChI=1S/C13H20/c1-6-7-9(2)13-11(4)8-10(3)12(13)5/h8,12H,2,6-7H2,1,3-5H3. The first-order valence-electron chi connectivity index (χ1n) is 5.15. The van der Waals surface area contributed by atoms with Crippen LogP contribution in [0.3, 0.4) is 0 Å². The topological polar surface area (TPSA) is 0 Å². The summed E-state index contributed by atoms with van der Waals surface area (Å²) in [4.78, 5) is 0. The Hall–Kier alpha value is -0.780. The Kier molecular flexibility index (Phi) is 3.13. The summed E-state index contributed by atoms with van der Waals surface area (Å²) in [6.45, 7) is 13.1. The van der Waals surface area contributed by atoms with Gasteiger partial charge in [-0.25, -0.2) is 0 Å². The molecular formula is C13H20. The van der Waals surface area contributed by atoms with Gasteiger partial charge >= 0.3 is 0 Å². The van der Waals surface area contributed by atoms with Crippen LogP contribution in [0.15, 0.2) is 34.9 Å². The number of allylic oxidation sites excluding steroid dienone is 5. The molecule has 0 aromatic heterocycles. The van der Waals surface area contributed by atoms with Gasteiger partial charge in [0.05, 0.1) is 0 Å². The lowest BCUT2D eigenvalue weighted by Gasteiger charge is -2.14. The Morgan fingerprint density at radius 3 is 2.46 bits per heavy atom. The fourth-order valence-electron chi connectivity index (χ4n) is 2.13. The highest BCUT2D eigenvalue weighted by atomic mass is 14.2. The average molecular weight is 176 g/mol. The van der Waals surface area contributed by atoms with E-state index < -0.39 is 0 Å². The van der Waals surface area contributed by atoms with Gasteiger partial charge in [0.2, 0.25) is 0 Å². The Morgan fingerprint density at radius 1 is 1.46 bits per heavy atom. The van der Waals surface area contributed by atoms with Gasteiger partial charge in [0, 0.05) is 5.92 Å². The van der Waals surface area contributed by atoms with E-state index in [1.54, 1.807) is 0 Å². The Morgan fingerprint density at radius 2 is 2.08 bits per heavy atom. The zero-order valence-electron chi connectivity index (χ0n) is 9.28. The van der Waals surface area contributed by atoms with Gasteiger partial charge in [0.1, 0.15) is 0 Å². The first-order chi connectivity index (χ1) is 6.07. The van der Waals surface area contributed by atoms with Gasteiger partial charge in [0.15, 0.2) is 0 Å². The molecule has 0 bridgehead atoms. The van der Waals surface area contributed by atoms with Crippen molar-refractivity contribution in [1.29, 1.82) is 0 Å². The molecular weight excluding hydrogens is 156 g/mol. The van der Waals surface area contributed by atoms with Crippen LogP contribution in [0.4, 0.5) is 0 Å². The fourth-order valence-corrected chi connectivity index (χ4v) is 2.13. The van der Waals surface area contributed by atoms with E-state index in [-0.39, 0.29) is 0 Å². The summed E-state index contributed by atoms with van der Waals surface area (Å²) in [6, 6.07) is 0. The molecule has 1 unspecified atom stereocenters. The molecule has 0 nitrogen and oxygen atoms in total. The normalized spacial score (nSPS) is 22.2. The highest BCUT2D eigenvalue weighted by molar-refractivity contribution is 5.49. The summed E-state index contributed by atoms with van der Waals surface area (Å²) >= 11 is 0. The Labute approximate surface area is 82.0 Å². The van der Waals surface area contributed by atoms with Crippen LogP contribution in [-0.4, -0.2) is 0 Å². The predicted molar refractivity (Wildman–Crippen MR) is 59.7 cm³/mol. The second-order valence-electron chi connectivity index (χ2n) is 4.06. The van der Waals surface area contributed by atoms with Crippen molar-refractivity contribution in [3.05, 3.63) is 34.9 Å². The van der Waals surface area contributed by atoms with Crippen LogP contribution < -0.4 is 0 Å². The Bertz CT molecular complexity index is 276. The van der Waals surface area contributed by atoms with Crippen LogP contribution in [0.5, 0.6) is 0 Å². The molecule has 0 amide bonds. The molecule has 0 fully saturated rings. The van der Waals surface area contributed by atoms with Crippen molar-refractivity contribution in [1.82, 2.24) is 0 Å². The lowest BCUT2D eigenvalue weighted by atomic mass is 9.90. The second kappa shape index (κ2) is 3.95. The maximum absolute atomic E-state index is 4.17. The number of hydrogen-bond acceptors (Lipinski definition) is 0. The quantitative estimate of drug-likeness (QED) is 0.603. The van der Waals surface area contributed by atoms with Gasteiger partial charge in [-0.3, -0.25) is 0 Å². The highest BCUT2D eigenvalue weighted by Crippen LogP contribution is 2.36. The monoisotopic (exact) mass is 176 g/mol. The minimum Gasteiger partial charge on any atom is -0.0955 e. The maximum Gasteiger partial charge on any atom is 0.00254 e. The van der Waals surface area contributed by atoms with E-state index in [0.29, 0.717) is 5.92 Å². The molecule has 1 atom stereocenters. The van der Waals surface area contributed by atoms with Crippen LogP contribution in [0.2, 0.25) is 0 Å². The molecule has 0 saturated heterocycles. The smallest absolute Gasteiger partial charge is 0.00254 e. The van der Waals surface area contributed by atoms with Gasteiger partial charge in [-0.15, -0.1) is 0 Å². The van der Waals surface area contributed by atoms with Crippen molar-refractivity contribution >= 4 is 0 Å². The lowest BCUT2D eigenvalue weighted by Crippen LogP contribution is -2.00. The third-order valence-corrected chi connectivity index (χ3v) is 2.92. The molecule has 0 heterocycles.